The summed E-state index contributed by atoms with van der Waals surface area (Å²) in [7, 11) is 1.38. The summed E-state index contributed by atoms with van der Waals surface area (Å²) < 4.78 is 13.1. The topological polar surface area (TPSA) is 82.5 Å². The highest BCUT2D eigenvalue weighted by molar-refractivity contribution is 5.93. The van der Waals surface area contributed by atoms with Gasteiger partial charge in [-0.15, -0.1) is 0 Å². The first-order chi connectivity index (χ1) is 16.8. The van der Waals surface area contributed by atoms with Gasteiger partial charge in [-0.2, -0.15) is 0 Å². The fourth-order valence-electron chi connectivity index (χ4n) is 3.98. The number of aromatic nitrogens is 2. The molecule has 1 N–H and O–H groups in total. The zero-order valence-electron chi connectivity index (χ0n) is 21.5. The van der Waals surface area contributed by atoms with E-state index in [0.29, 0.717) is 31.1 Å². The van der Waals surface area contributed by atoms with E-state index in [1.165, 1.54) is 7.11 Å². The number of carbonyl (C=O) groups is 2. The van der Waals surface area contributed by atoms with E-state index in [0.717, 1.165) is 47.4 Å². The quantitative estimate of drug-likeness (QED) is 0.335. The van der Waals surface area contributed by atoms with Crippen molar-refractivity contribution in [3.63, 3.8) is 0 Å². The zero-order chi connectivity index (χ0) is 25.4. The molecule has 0 aliphatic heterocycles. The Balaban J connectivity index is 1.83. The number of anilines is 1. The van der Waals surface area contributed by atoms with Crippen LogP contribution in [0.1, 0.15) is 64.8 Å². The Morgan fingerprint density at radius 1 is 1.09 bits per heavy atom. The Morgan fingerprint density at radius 2 is 1.83 bits per heavy atom. The third kappa shape index (κ3) is 7.07. The fourth-order valence-corrected chi connectivity index (χ4v) is 3.98. The molecule has 1 aromatic heterocycles. The van der Waals surface area contributed by atoms with Gasteiger partial charge in [0.15, 0.2) is 6.10 Å². The number of nitrogens with one attached hydrogen (secondary N) is 1. The van der Waals surface area contributed by atoms with Gasteiger partial charge >= 0.3 is 5.97 Å². The van der Waals surface area contributed by atoms with E-state index >= 15 is 0 Å². The number of aryl methyl sites for hydroxylation is 1. The summed E-state index contributed by atoms with van der Waals surface area (Å²) in [5, 5.41) is 2.92. The van der Waals surface area contributed by atoms with Crippen LogP contribution in [-0.2, 0) is 27.3 Å². The summed E-state index contributed by atoms with van der Waals surface area (Å²) in [5.41, 5.74) is 3.78. The largest absolute Gasteiger partial charge is 0.479 e. The van der Waals surface area contributed by atoms with Crippen molar-refractivity contribution in [2.75, 3.05) is 12.4 Å². The maximum absolute atomic E-state index is 12.1. The van der Waals surface area contributed by atoms with Gasteiger partial charge in [0.1, 0.15) is 11.6 Å². The molecule has 7 nitrogen and oxygen atoms in total. The summed E-state index contributed by atoms with van der Waals surface area (Å²) in [6, 6.07) is 13.7. The molecule has 0 aliphatic carbocycles. The third-order valence-electron chi connectivity index (χ3n) is 5.88. The van der Waals surface area contributed by atoms with E-state index in [-0.39, 0.29) is 11.9 Å². The Hall–Kier alpha value is -3.35. The number of unbranched alkanes of at least 4 members (excludes halogenated alkanes) is 1. The standard InChI is InChI=1S/C28H37N3O4/c1-6-8-9-26-30-23-17-21(29-27(32)7-2)12-15-24(23)31(26)18-20-10-13-22(14-11-20)35-25(16-19(3)4)28(33)34-5/h10-15,17,19,25H,6-9,16,18H2,1-5H3,(H,29,32). The summed E-state index contributed by atoms with van der Waals surface area (Å²) >= 11 is 0. The number of fused-ring (bicyclic) bond motifs is 1. The van der Waals surface area contributed by atoms with Gasteiger partial charge in [0, 0.05) is 25.1 Å². The monoisotopic (exact) mass is 479 g/mol. The van der Waals surface area contributed by atoms with Crippen molar-refractivity contribution in [2.24, 2.45) is 5.92 Å². The molecule has 0 saturated heterocycles. The lowest BCUT2D eigenvalue weighted by atomic mass is 10.1. The minimum atomic E-state index is -0.619. The van der Waals surface area contributed by atoms with Crippen LogP contribution in [0.2, 0.25) is 0 Å². The molecule has 35 heavy (non-hydrogen) atoms. The Kier molecular flexibility index (Phi) is 9.29. The van der Waals surface area contributed by atoms with E-state index in [1.807, 2.05) is 49.4 Å². The van der Waals surface area contributed by atoms with Gasteiger partial charge in [-0.25, -0.2) is 9.78 Å². The van der Waals surface area contributed by atoms with E-state index in [1.54, 1.807) is 0 Å². The Labute approximate surface area is 207 Å². The van der Waals surface area contributed by atoms with E-state index < -0.39 is 6.10 Å². The molecule has 0 aliphatic rings. The van der Waals surface area contributed by atoms with Gasteiger partial charge in [0.2, 0.25) is 5.91 Å². The second-order valence-electron chi connectivity index (χ2n) is 9.23. The lowest BCUT2D eigenvalue weighted by Crippen LogP contribution is -2.30. The molecular weight excluding hydrogens is 442 g/mol. The number of esters is 1. The number of hydrogen-bond donors (Lipinski definition) is 1. The molecule has 0 saturated carbocycles. The zero-order valence-corrected chi connectivity index (χ0v) is 21.5. The maximum atomic E-state index is 12.1. The van der Waals surface area contributed by atoms with Crippen molar-refractivity contribution in [2.45, 2.75) is 72.4 Å². The van der Waals surface area contributed by atoms with Gasteiger partial charge in [-0.1, -0.05) is 46.2 Å². The Morgan fingerprint density at radius 3 is 2.46 bits per heavy atom. The van der Waals surface area contributed by atoms with Crippen LogP contribution in [0.4, 0.5) is 5.69 Å². The second-order valence-corrected chi connectivity index (χ2v) is 9.23. The molecule has 0 bridgehead atoms. The maximum Gasteiger partial charge on any atom is 0.347 e. The Bertz CT molecular complexity index is 1140. The molecule has 1 unspecified atom stereocenters. The van der Waals surface area contributed by atoms with E-state index in [9.17, 15) is 9.59 Å². The average Bonchev–Trinajstić information content (AvgIpc) is 3.18. The van der Waals surface area contributed by atoms with Gasteiger partial charge in [-0.05, 0) is 54.7 Å². The van der Waals surface area contributed by atoms with Crippen molar-refractivity contribution in [3.05, 3.63) is 53.9 Å². The first kappa shape index (κ1) is 26.3. The predicted octanol–water partition coefficient (Wildman–Crippen LogP) is 5.74. The fraction of sp³-hybridized carbons (Fsp3) is 0.464. The number of amides is 1. The van der Waals surface area contributed by atoms with Gasteiger partial charge in [0.25, 0.3) is 0 Å². The highest BCUT2D eigenvalue weighted by atomic mass is 16.6. The van der Waals surface area contributed by atoms with Crippen molar-refractivity contribution < 1.29 is 19.1 Å². The first-order valence-corrected chi connectivity index (χ1v) is 12.5. The van der Waals surface area contributed by atoms with Crippen LogP contribution in [0, 0.1) is 5.92 Å². The molecule has 0 radical (unpaired) electrons. The minimum absolute atomic E-state index is 0.0138. The van der Waals surface area contributed by atoms with Crippen molar-refractivity contribution >= 4 is 28.6 Å². The third-order valence-corrected chi connectivity index (χ3v) is 5.88. The van der Waals surface area contributed by atoms with Gasteiger partial charge in [-0.3, -0.25) is 4.79 Å². The minimum Gasteiger partial charge on any atom is -0.479 e. The molecule has 2 aromatic carbocycles. The summed E-state index contributed by atoms with van der Waals surface area (Å²) in [6.45, 7) is 8.78. The lowest BCUT2D eigenvalue weighted by Gasteiger charge is -2.19. The molecule has 1 atom stereocenters. The number of methoxy groups -OCH3 is 1. The molecule has 0 fully saturated rings. The number of nitrogens with zero attached hydrogens (tertiary/aromatic N) is 2. The highest BCUT2D eigenvalue weighted by Gasteiger charge is 2.22. The van der Waals surface area contributed by atoms with Crippen LogP contribution < -0.4 is 10.1 Å². The number of benzene rings is 2. The molecule has 0 spiro atoms. The van der Waals surface area contributed by atoms with Crippen LogP contribution in [0.25, 0.3) is 11.0 Å². The van der Waals surface area contributed by atoms with Crippen LogP contribution in [-0.4, -0.2) is 34.6 Å². The van der Waals surface area contributed by atoms with Crippen molar-refractivity contribution in [1.29, 1.82) is 0 Å². The predicted molar refractivity (Wildman–Crippen MR) is 139 cm³/mol. The second kappa shape index (κ2) is 12.4. The molecule has 3 aromatic rings. The molecule has 1 heterocycles. The summed E-state index contributed by atoms with van der Waals surface area (Å²) in [6.07, 6.45) is 3.44. The van der Waals surface area contributed by atoms with Crippen LogP contribution in [0.3, 0.4) is 0 Å². The molecule has 3 rings (SSSR count). The normalized spacial score (nSPS) is 12.1. The van der Waals surface area contributed by atoms with Gasteiger partial charge in [0.05, 0.1) is 18.1 Å². The highest BCUT2D eigenvalue weighted by Crippen LogP contribution is 2.24. The number of rotatable bonds is 12. The van der Waals surface area contributed by atoms with Crippen molar-refractivity contribution in [1.82, 2.24) is 9.55 Å². The summed E-state index contributed by atoms with van der Waals surface area (Å²) in [5.74, 6) is 1.61. The number of ether oxygens (including phenoxy) is 2. The van der Waals surface area contributed by atoms with Crippen LogP contribution >= 0.6 is 0 Å². The molecule has 7 heteroatoms. The van der Waals surface area contributed by atoms with Crippen molar-refractivity contribution in [3.8, 4) is 5.75 Å². The molecular formula is C28H37N3O4. The smallest absolute Gasteiger partial charge is 0.347 e. The van der Waals surface area contributed by atoms with Gasteiger partial charge < -0.3 is 19.4 Å². The molecule has 1 amide bonds. The average molecular weight is 480 g/mol. The van der Waals surface area contributed by atoms with Crippen LogP contribution in [0.15, 0.2) is 42.5 Å². The SMILES string of the molecule is CCCCc1nc2cc(NC(=O)CC)ccc2n1Cc1ccc(OC(CC(C)C)C(=O)OC)cc1. The number of imidazole rings is 1. The first-order valence-electron chi connectivity index (χ1n) is 12.5. The summed E-state index contributed by atoms with van der Waals surface area (Å²) in [4.78, 5) is 28.8. The molecule has 188 valence electrons. The lowest BCUT2D eigenvalue weighted by molar-refractivity contribution is -0.149. The van der Waals surface area contributed by atoms with E-state index in [4.69, 9.17) is 14.5 Å². The van der Waals surface area contributed by atoms with E-state index in [2.05, 4.69) is 30.7 Å². The van der Waals surface area contributed by atoms with Crippen LogP contribution in [0.5, 0.6) is 5.75 Å². The number of carbonyl (C=O) groups excluding carboxylic acids is 2. The number of hydrogen-bond acceptors (Lipinski definition) is 5.